The van der Waals surface area contributed by atoms with Gasteiger partial charge in [0.05, 0.1) is 6.10 Å². The predicted octanol–water partition coefficient (Wildman–Crippen LogP) is 4.72. The quantitative estimate of drug-likeness (QED) is 0.743. The highest BCUT2D eigenvalue weighted by atomic mass is 16.5. The minimum atomic E-state index is 0.244. The summed E-state index contributed by atoms with van der Waals surface area (Å²) >= 11 is 0. The van der Waals surface area contributed by atoms with Crippen molar-refractivity contribution in [2.45, 2.75) is 69.9 Å². The molecular weight excluding hydrogens is 294 g/mol. The summed E-state index contributed by atoms with van der Waals surface area (Å²) in [7, 11) is 0. The molecule has 0 aromatic heterocycles. The van der Waals surface area contributed by atoms with Crippen LogP contribution < -0.4 is 4.74 Å². The van der Waals surface area contributed by atoms with Gasteiger partial charge >= 0.3 is 0 Å². The molecule has 2 bridgehead atoms. The van der Waals surface area contributed by atoms with Crippen LogP contribution in [0.25, 0.3) is 0 Å². The molecule has 130 valence electrons. The van der Waals surface area contributed by atoms with Gasteiger partial charge in [-0.25, -0.2) is 0 Å². The smallest absolute Gasteiger partial charge is 0.119 e. The van der Waals surface area contributed by atoms with Crippen LogP contribution in [0.4, 0.5) is 0 Å². The molecule has 3 unspecified atom stereocenters. The van der Waals surface area contributed by atoms with E-state index >= 15 is 0 Å². The van der Waals surface area contributed by atoms with Crippen LogP contribution in [0.2, 0.25) is 0 Å². The molecule has 3 atom stereocenters. The molecule has 0 amide bonds. The highest BCUT2D eigenvalue weighted by Crippen LogP contribution is 2.56. The summed E-state index contributed by atoms with van der Waals surface area (Å²) in [4.78, 5) is 2.70. The van der Waals surface area contributed by atoms with Crippen molar-refractivity contribution >= 4 is 0 Å². The van der Waals surface area contributed by atoms with E-state index in [-0.39, 0.29) is 6.10 Å². The van der Waals surface area contributed by atoms with E-state index < -0.39 is 0 Å². The summed E-state index contributed by atoms with van der Waals surface area (Å²) in [5, 5.41) is 0. The monoisotopic (exact) mass is 325 g/mol. The van der Waals surface area contributed by atoms with Crippen molar-refractivity contribution < 1.29 is 4.74 Å². The van der Waals surface area contributed by atoms with E-state index in [0.29, 0.717) is 11.5 Å². The van der Waals surface area contributed by atoms with E-state index in [0.717, 1.165) is 18.2 Å². The average Bonchev–Trinajstić information content (AvgIpc) is 2.57. The third-order valence-corrected chi connectivity index (χ3v) is 6.66. The minimum absolute atomic E-state index is 0.244. The van der Waals surface area contributed by atoms with Gasteiger partial charge < -0.3 is 4.74 Å². The molecular formula is C22H31NO. The fourth-order valence-corrected chi connectivity index (χ4v) is 5.80. The Balaban J connectivity index is 1.76. The van der Waals surface area contributed by atoms with Gasteiger partial charge in [-0.05, 0) is 75.3 Å². The molecule has 4 rings (SSSR count). The van der Waals surface area contributed by atoms with Crippen molar-refractivity contribution in [2.75, 3.05) is 13.1 Å². The van der Waals surface area contributed by atoms with Crippen LogP contribution in [0.15, 0.2) is 30.9 Å². The number of fused-ring (bicyclic) bond motifs is 1. The Kier molecular flexibility index (Phi) is 4.20. The third kappa shape index (κ3) is 2.50. The first kappa shape index (κ1) is 16.2. The highest BCUT2D eigenvalue weighted by molar-refractivity contribution is 5.45. The van der Waals surface area contributed by atoms with Gasteiger partial charge in [-0.3, -0.25) is 4.90 Å². The number of hydrogen-bond acceptors (Lipinski definition) is 2. The molecule has 0 radical (unpaired) electrons. The fourth-order valence-electron chi connectivity index (χ4n) is 5.80. The molecule has 2 nitrogen and oxygen atoms in total. The maximum Gasteiger partial charge on any atom is 0.119 e. The SMILES string of the molecule is C=CCN1CCC23CCCCC2C1Cc1ccc(OC(C)C)cc13. The molecule has 1 aromatic rings. The summed E-state index contributed by atoms with van der Waals surface area (Å²) < 4.78 is 6.03. The number of likely N-dealkylation sites (tertiary alicyclic amines) is 1. The first-order valence-corrected chi connectivity index (χ1v) is 9.79. The lowest BCUT2D eigenvalue weighted by Crippen LogP contribution is -2.60. The molecule has 1 aliphatic heterocycles. The van der Waals surface area contributed by atoms with Crippen molar-refractivity contribution in [1.82, 2.24) is 4.90 Å². The molecule has 24 heavy (non-hydrogen) atoms. The number of ether oxygens (including phenoxy) is 1. The number of rotatable bonds is 4. The standard InChI is InChI=1S/C22H31NO/c1-4-12-23-13-11-22-10-6-5-7-19(22)21(23)14-17-8-9-18(15-20(17)22)24-16(2)3/h4,8-9,15-16,19,21H,1,5-7,10-14H2,2-3H3. The number of piperidine rings is 1. The molecule has 1 heterocycles. The van der Waals surface area contributed by atoms with Crippen LogP contribution in [-0.2, 0) is 11.8 Å². The second kappa shape index (κ2) is 6.22. The van der Waals surface area contributed by atoms with Crippen LogP contribution in [0.3, 0.4) is 0 Å². The van der Waals surface area contributed by atoms with Gasteiger partial charge in [-0.2, -0.15) is 0 Å². The Hall–Kier alpha value is -1.28. The van der Waals surface area contributed by atoms with E-state index in [9.17, 15) is 0 Å². The fraction of sp³-hybridized carbons (Fsp3) is 0.636. The molecule has 2 fully saturated rings. The van der Waals surface area contributed by atoms with Gasteiger partial charge in [-0.15, -0.1) is 6.58 Å². The van der Waals surface area contributed by atoms with Crippen molar-refractivity contribution in [3.05, 3.63) is 42.0 Å². The van der Waals surface area contributed by atoms with E-state index in [1.165, 1.54) is 45.1 Å². The Labute approximate surface area is 146 Å². The lowest BCUT2D eigenvalue weighted by atomic mass is 9.52. The van der Waals surface area contributed by atoms with Gasteiger partial charge in [0.2, 0.25) is 0 Å². The molecule has 1 aromatic carbocycles. The Morgan fingerprint density at radius 1 is 1.33 bits per heavy atom. The second-order valence-electron chi connectivity index (χ2n) is 8.30. The molecule has 1 saturated carbocycles. The molecule has 0 spiro atoms. The van der Waals surface area contributed by atoms with Gasteiger partial charge in [0.15, 0.2) is 0 Å². The zero-order valence-electron chi connectivity index (χ0n) is 15.3. The topological polar surface area (TPSA) is 12.5 Å². The molecule has 0 N–H and O–H groups in total. The minimum Gasteiger partial charge on any atom is -0.491 e. The summed E-state index contributed by atoms with van der Waals surface area (Å²) in [6.45, 7) is 10.5. The molecule has 2 aliphatic carbocycles. The normalized spacial score (nSPS) is 32.1. The van der Waals surface area contributed by atoms with Crippen molar-refractivity contribution in [3.8, 4) is 5.75 Å². The van der Waals surface area contributed by atoms with Crippen LogP contribution in [0.5, 0.6) is 5.75 Å². The number of nitrogens with zero attached hydrogens (tertiary/aromatic N) is 1. The van der Waals surface area contributed by atoms with Gasteiger partial charge in [-0.1, -0.05) is 25.0 Å². The van der Waals surface area contributed by atoms with E-state index in [1.807, 2.05) is 0 Å². The zero-order valence-corrected chi connectivity index (χ0v) is 15.3. The Morgan fingerprint density at radius 3 is 3.00 bits per heavy atom. The lowest BCUT2D eigenvalue weighted by Gasteiger charge is -2.59. The van der Waals surface area contributed by atoms with Crippen LogP contribution in [0, 0.1) is 5.92 Å². The van der Waals surface area contributed by atoms with Gasteiger partial charge in [0, 0.05) is 18.0 Å². The summed E-state index contributed by atoms with van der Waals surface area (Å²) in [5.41, 5.74) is 3.60. The maximum absolute atomic E-state index is 6.03. The van der Waals surface area contributed by atoms with Crippen LogP contribution >= 0.6 is 0 Å². The first-order valence-electron chi connectivity index (χ1n) is 9.79. The summed E-state index contributed by atoms with van der Waals surface area (Å²) in [5.74, 6) is 1.89. The second-order valence-corrected chi connectivity index (χ2v) is 8.30. The zero-order chi connectivity index (χ0) is 16.7. The van der Waals surface area contributed by atoms with Crippen molar-refractivity contribution in [2.24, 2.45) is 5.92 Å². The van der Waals surface area contributed by atoms with Crippen molar-refractivity contribution in [3.63, 3.8) is 0 Å². The highest BCUT2D eigenvalue weighted by Gasteiger charge is 2.53. The molecule has 3 aliphatic rings. The number of benzene rings is 1. The largest absolute Gasteiger partial charge is 0.491 e. The van der Waals surface area contributed by atoms with Crippen molar-refractivity contribution in [1.29, 1.82) is 0 Å². The van der Waals surface area contributed by atoms with Crippen LogP contribution in [-0.4, -0.2) is 30.1 Å². The van der Waals surface area contributed by atoms with E-state index in [2.05, 4.69) is 49.6 Å². The van der Waals surface area contributed by atoms with Gasteiger partial charge in [0.25, 0.3) is 0 Å². The first-order chi connectivity index (χ1) is 11.6. The maximum atomic E-state index is 6.03. The van der Waals surface area contributed by atoms with Crippen LogP contribution in [0.1, 0.15) is 57.1 Å². The van der Waals surface area contributed by atoms with Gasteiger partial charge in [0.1, 0.15) is 5.75 Å². The third-order valence-electron chi connectivity index (χ3n) is 6.66. The summed E-state index contributed by atoms with van der Waals surface area (Å²) in [6, 6.07) is 7.64. The predicted molar refractivity (Wildman–Crippen MR) is 99.7 cm³/mol. The summed E-state index contributed by atoms with van der Waals surface area (Å²) in [6.07, 6.45) is 10.4. The lowest BCUT2D eigenvalue weighted by molar-refractivity contribution is -0.00524. The number of hydrogen-bond donors (Lipinski definition) is 0. The Bertz CT molecular complexity index is 622. The Morgan fingerprint density at radius 2 is 2.21 bits per heavy atom. The molecule has 1 saturated heterocycles. The average molecular weight is 325 g/mol. The van der Waals surface area contributed by atoms with E-state index in [4.69, 9.17) is 4.74 Å². The van der Waals surface area contributed by atoms with E-state index in [1.54, 1.807) is 11.1 Å². The molecule has 2 heteroatoms.